The Kier molecular flexibility index (Phi) is 7.40. The normalized spacial score (nSPS) is 4.15. The number of terminal acetylenes is 2. The fourth-order valence-electron chi connectivity index (χ4n) is 0.342. The van der Waals surface area contributed by atoms with Crippen molar-refractivity contribution in [3.05, 3.63) is 17.9 Å². The summed E-state index contributed by atoms with van der Waals surface area (Å²) in [5, 5.41) is 0. The molecule has 0 aromatic carbocycles. The summed E-state index contributed by atoms with van der Waals surface area (Å²) in [6.45, 7) is 0. The van der Waals surface area contributed by atoms with Gasteiger partial charge in [-0.1, -0.05) is 11.8 Å². The van der Waals surface area contributed by atoms with Gasteiger partial charge >= 0.3 is 0 Å². The highest BCUT2D eigenvalue weighted by Crippen LogP contribution is 1.64. The van der Waals surface area contributed by atoms with Gasteiger partial charge in [-0.2, -0.15) is 0 Å². The van der Waals surface area contributed by atoms with Crippen molar-refractivity contribution in [3.63, 3.8) is 0 Å². The first-order valence-electron chi connectivity index (χ1n) is 3.23. The Balaban J connectivity index is 4.16. The maximum atomic E-state index is 4.88. The molecule has 0 aliphatic rings. The van der Waals surface area contributed by atoms with Gasteiger partial charge in [0.2, 0.25) is 0 Å². The number of hydrogen-bond donors (Lipinski definition) is 0. The summed E-state index contributed by atoms with van der Waals surface area (Å²) in [7, 11) is 0. The molecule has 0 heteroatoms. The maximum absolute atomic E-state index is 4.88. The number of rotatable bonds is 0. The average molecular weight is 160 g/mol. The lowest BCUT2D eigenvalue weighted by Gasteiger charge is -1.57. The average Bonchev–Trinajstić information content (AvgIpc) is 2.16. The molecule has 0 aliphatic carbocycles. The topological polar surface area (TPSA) is 0 Å². The molecule has 0 radical (unpaired) electrons. The zero-order valence-corrected chi connectivity index (χ0v) is 6.81. The Bertz CT molecular complexity index is 476. The molecule has 0 saturated carbocycles. The predicted molar refractivity (Wildman–Crippen MR) is 53.6 cm³/mol. The van der Waals surface area contributed by atoms with Crippen molar-refractivity contribution < 1.29 is 0 Å². The van der Waals surface area contributed by atoms with E-state index in [1.165, 1.54) is 12.2 Å². The maximum Gasteiger partial charge on any atom is 0.0319 e. The van der Waals surface area contributed by atoms with Gasteiger partial charge in [-0.3, -0.25) is 0 Å². The number of hydrogen-bond acceptors (Lipinski definition) is 0. The second-order valence-electron chi connectivity index (χ2n) is 1.53. The number of allylic oxidation sites excluding steroid dienone is 1. The first kappa shape index (κ1) is 10.3. The SMILES string of the molecule is C#CC#CC#CC=C=CC#CC#C. The fraction of sp³-hybridized carbons (Fsp3) is 0. The summed E-state index contributed by atoms with van der Waals surface area (Å²) in [5.74, 6) is 19.1. The van der Waals surface area contributed by atoms with Gasteiger partial charge in [0.1, 0.15) is 0 Å². The Labute approximate surface area is 78.7 Å². The van der Waals surface area contributed by atoms with E-state index in [0.29, 0.717) is 0 Å². The van der Waals surface area contributed by atoms with Crippen LogP contribution in [0.15, 0.2) is 17.9 Å². The van der Waals surface area contributed by atoms with Crippen LogP contribution in [0.4, 0.5) is 0 Å². The van der Waals surface area contributed by atoms with Crippen LogP contribution in [-0.2, 0) is 0 Å². The molecule has 0 atom stereocenters. The fourth-order valence-corrected chi connectivity index (χ4v) is 0.342. The van der Waals surface area contributed by atoms with Crippen LogP contribution in [0.2, 0.25) is 0 Å². The summed E-state index contributed by atoms with van der Waals surface area (Å²) in [6.07, 6.45) is 12.7. The van der Waals surface area contributed by atoms with Gasteiger partial charge in [0.25, 0.3) is 0 Å². The monoisotopic (exact) mass is 160 g/mol. The first-order valence-corrected chi connectivity index (χ1v) is 3.23. The first-order chi connectivity index (χ1) is 6.41. The summed E-state index contributed by atoms with van der Waals surface area (Å²) in [5.41, 5.74) is 2.68. The highest BCUT2D eigenvalue weighted by atomic mass is 13.6. The van der Waals surface area contributed by atoms with Gasteiger partial charge in [0.05, 0.1) is 0 Å². The summed E-state index contributed by atoms with van der Waals surface area (Å²) in [6, 6.07) is 0. The van der Waals surface area contributed by atoms with E-state index in [1.54, 1.807) is 0 Å². The molecule has 0 heterocycles. The molecule has 0 saturated heterocycles. The van der Waals surface area contributed by atoms with Crippen molar-refractivity contribution in [1.82, 2.24) is 0 Å². The molecule has 0 amide bonds. The molecule has 0 fully saturated rings. The Morgan fingerprint density at radius 3 is 1.92 bits per heavy atom. The van der Waals surface area contributed by atoms with E-state index in [9.17, 15) is 0 Å². The molecule has 0 nitrogen and oxygen atoms in total. The van der Waals surface area contributed by atoms with Gasteiger partial charge in [0, 0.05) is 12.2 Å². The minimum Gasteiger partial charge on any atom is -0.106 e. The third-order valence-electron chi connectivity index (χ3n) is 0.725. The smallest absolute Gasteiger partial charge is 0.0319 e. The van der Waals surface area contributed by atoms with Crippen molar-refractivity contribution in [2.24, 2.45) is 0 Å². The molecule has 0 spiro atoms. The van der Waals surface area contributed by atoms with Crippen LogP contribution in [0, 0.1) is 60.2 Å². The molecule has 0 aliphatic heterocycles. The van der Waals surface area contributed by atoms with E-state index in [1.807, 2.05) is 0 Å². The molecule has 0 aromatic rings. The zero-order chi connectivity index (χ0) is 9.78. The Morgan fingerprint density at radius 2 is 1.31 bits per heavy atom. The largest absolute Gasteiger partial charge is 0.106 e. The van der Waals surface area contributed by atoms with Crippen LogP contribution in [-0.4, -0.2) is 0 Å². The van der Waals surface area contributed by atoms with E-state index in [2.05, 4.69) is 53.1 Å². The molecule has 0 unspecified atom stereocenters. The van der Waals surface area contributed by atoms with Gasteiger partial charge in [-0.15, -0.1) is 18.6 Å². The van der Waals surface area contributed by atoms with Crippen molar-refractivity contribution in [3.8, 4) is 60.2 Å². The predicted octanol–water partition coefficient (Wildman–Crippen LogP) is 0.974. The van der Waals surface area contributed by atoms with Gasteiger partial charge in [0.15, 0.2) is 0 Å². The second kappa shape index (κ2) is 9.32. The van der Waals surface area contributed by atoms with Crippen molar-refractivity contribution in [1.29, 1.82) is 0 Å². The zero-order valence-electron chi connectivity index (χ0n) is 6.81. The van der Waals surface area contributed by atoms with Crippen molar-refractivity contribution in [2.45, 2.75) is 0 Å². The van der Waals surface area contributed by atoms with E-state index in [0.717, 1.165) is 0 Å². The minimum absolute atomic E-state index is 1.48. The van der Waals surface area contributed by atoms with Crippen LogP contribution in [0.5, 0.6) is 0 Å². The summed E-state index contributed by atoms with van der Waals surface area (Å²) < 4.78 is 0. The van der Waals surface area contributed by atoms with Crippen LogP contribution in [0.3, 0.4) is 0 Å². The van der Waals surface area contributed by atoms with Crippen molar-refractivity contribution in [2.75, 3.05) is 0 Å². The lowest BCUT2D eigenvalue weighted by molar-refractivity contribution is 2.12. The van der Waals surface area contributed by atoms with E-state index in [4.69, 9.17) is 12.8 Å². The molecule has 0 bridgehead atoms. The third kappa shape index (κ3) is 9.32. The molecule has 13 heavy (non-hydrogen) atoms. The highest BCUT2D eigenvalue weighted by Gasteiger charge is 1.54. The minimum atomic E-state index is 1.48. The Hall–Kier alpha value is -2.68. The van der Waals surface area contributed by atoms with Crippen LogP contribution < -0.4 is 0 Å². The molecular weight excluding hydrogens is 156 g/mol. The quantitative estimate of drug-likeness (QED) is 0.366. The van der Waals surface area contributed by atoms with E-state index >= 15 is 0 Å². The Morgan fingerprint density at radius 1 is 0.692 bits per heavy atom. The molecule has 0 rings (SSSR count). The van der Waals surface area contributed by atoms with E-state index < -0.39 is 0 Å². The summed E-state index contributed by atoms with van der Waals surface area (Å²) >= 11 is 0. The van der Waals surface area contributed by atoms with Gasteiger partial charge in [-0.05, 0) is 35.5 Å². The van der Waals surface area contributed by atoms with Crippen LogP contribution in [0.1, 0.15) is 0 Å². The van der Waals surface area contributed by atoms with E-state index in [-0.39, 0.29) is 0 Å². The second-order valence-corrected chi connectivity index (χ2v) is 1.53. The van der Waals surface area contributed by atoms with Crippen molar-refractivity contribution >= 4 is 0 Å². The van der Waals surface area contributed by atoms with Gasteiger partial charge < -0.3 is 0 Å². The lowest BCUT2D eigenvalue weighted by Crippen LogP contribution is -1.50. The highest BCUT2D eigenvalue weighted by molar-refractivity contribution is 5.36. The molecule has 0 N–H and O–H groups in total. The standard InChI is InChI=1S/C13H4/c1-3-5-7-9-11-13-12-10-8-6-4-2/h1-2,9,13H. The van der Waals surface area contributed by atoms with Crippen LogP contribution >= 0.6 is 0 Å². The molecule has 0 aromatic heterocycles. The lowest BCUT2D eigenvalue weighted by atomic mass is 10.5. The molecular formula is C13H4. The van der Waals surface area contributed by atoms with Crippen LogP contribution in [0.25, 0.3) is 0 Å². The molecule has 56 valence electrons. The third-order valence-corrected chi connectivity index (χ3v) is 0.725. The van der Waals surface area contributed by atoms with Gasteiger partial charge in [-0.25, -0.2) is 0 Å². The summed E-state index contributed by atoms with van der Waals surface area (Å²) in [4.78, 5) is 0.